The van der Waals surface area contributed by atoms with Gasteiger partial charge in [0.15, 0.2) is 5.96 Å². The zero-order valence-electron chi connectivity index (χ0n) is 14.9. The summed E-state index contributed by atoms with van der Waals surface area (Å²) in [6, 6.07) is 9.42. The van der Waals surface area contributed by atoms with Crippen LogP contribution in [-0.4, -0.2) is 37.2 Å². The molecule has 1 aromatic carbocycles. The smallest absolute Gasteiger partial charge is 0.191 e. The third-order valence-electron chi connectivity index (χ3n) is 3.75. The summed E-state index contributed by atoms with van der Waals surface area (Å²) in [5.41, 5.74) is 2.50. The number of aryl methyl sites for hydroxylation is 1. The summed E-state index contributed by atoms with van der Waals surface area (Å²) >= 11 is 5.88. The van der Waals surface area contributed by atoms with Crippen LogP contribution in [0, 0.1) is 6.92 Å². The summed E-state index contributed by atoms with van der Waals surface area (Å²) in [5, 5.41) is 7.30. The van der Waals surface area contributed by atoms with Gasteiger partial charge in [0.1, 0.15) is 11.9 Å². The Balaban J connectivity index is 1.72. The van der Waals surface area contributed by atoms with Crippen molar-refractivity contribution in [3.63, 3.8) is 0 Å². The molecule has 1 heterocycles. The fourth-order valence-electron chi connectivity index (χ4n) is 2.35. The predicted octanol–water partition coefficient (Wildman–Crippen LogP) is 3.22. The molecular formula is C19H25ClN4O. The molecule has 134 valence electrons. The monoisotopic (exact) mass is 360 g/mol. The van der Waals surface area contributed by atoms with Crippen LogP contribution in [-0.2, 0) is 6.42 Å². The Kier molecular flexibility index (Phi) is 7.54. The van der Waals surface area contributed by atoms with Crippen LogP contribution >= 0.6 is 11.6 Å². The van der Waals surface area contributed by atoms with Crippen LogP contribution in [0.4, 0.5) is 0 Å². The van der Waals surface area contributed by atoms with Gasteiger partial charge in [-0.2, -0.15) is 0 Å². The minimum atomic E-state index is 0.00201. The van der Waals surface area contributed by atoms with Crippen molar-refractivity contribution in [1.29, 1.82) is 0 Å². The van der Waals surface area contributed by atoms with Crippen LogP contribution < -0.4 is 15.4 Å². The van der Waals surface area contributed by atoms with Crippen molar-refractivity contribution in [3.8, 4) is 5.75 Å². The van der Waals surface area contributed by atoms with Crippen molar-refractivity contribution in [3.05, 3.63) is 58.9 Å². The number of hydrogen-bond donors (Lipinski definition) is 2. The van der Waals surface area contributed by atoms with E-state index in [4.69, 9.17) is 16.3 Å². The van der Waals surface area contributed by atoms with E-state index >= 15 is 0 Å². The SMILES string of the molecule is CN=C(NCCc1ccncc1C)NCC(C)Oc1ccc(Cl)cc1. The van der Waals surface area contributed by atoms with Crippen LogP contribution in [0.25, 0.3) is 0 Å². The second kappa shape index (κ2) is 9.89. The lowest BCUT2D eigenvalue weighted by atomic mass is 10.1. The number of pyridine rings is 1. The standard InChI is InChI=1S/C19H25ClN4O/c1-14-12-22-10-8-16(14)9-11-23-19(21-3)24-13-15(2)25-18-6-4-17(20)5-7-18/h4-8,10,12,15H,9,11,13H2,1-3H3,(H2,21,23,24). The number of halogens is 1. The van der Waals surface area contributed by atoms with Gasteiger partial charge in [-0.15, -0.1) is 0 Å². The Hall–Kier alpha value is -2.27. The molecular weight excluding hydrogens is 336 g/mol. The van der Waals surface area contributed by atoms with E-state index in [0.717, 1.165) is 24.7 Å². The lowest BCUT2D eigenvalue weighted by Gasteiger charge is -2.18. The lowest BCUT2D eigenvalue weighted by molar-refractivity contribution is 0.224. The van der Waals surface area contributed by atoms with Gasteiger partial charge in [0.05, 0.1) is 6.54 Å². The van der Waals surface area contributed by atoms with Crippen molar-refractivity contribution in [1.82, 2.24) is 15.6 Å². The summed E-state index contributed by atoms with van der Waals surface area (Å²) < 4.78 is 5.84. The highest BCUT2D eigenvalue weighted by Crippen LogP contribution is 2.16. The first-order valence-electron chi connectivity index (χ1n) is 8.34. The first kappa shape index (κ1) is 19.1. The first-order chi connectivity index (χ1) is 12.1. The number of rotatable bonds is 7. The highest BCUT2D eigenvalue weighted by Gasteiger charge is 2.06. The van der Waals surface area contributed by atoms with Gasteiger partial charge in [-0.3, -0.25) is 9.98 Å². The quantitative estimate of drug-likeness (QED) is 0.588. The van der Waals surface area contributed by atoms with E-state index in [1.54, 1.807) is 7.05 Å². The molecule has 0 fully saturated rings. The van der Waals surface area contributed by atoms with E-state index in [1.807, 2.05) is 43.6 Å². The molecule has 1 aromatic heterocycles. The van der Waals surface area contributed by atoms with E-state index < -0.39 is 0 Å². The molecule has 0 saturated heterocycles. The average Bonchev–Trinajstić information content (AvgIpc) is 2.61. The van der Waals surface area contributed by atoms with Crippen LogP contribution in [0.5, 0.6) is 5.75 Å². The van der Waals surface area contributed by atoms with Gasteiger partial charge in [-0.05, 0) is 61.7 Å². The third-order valence-corrected chi connectivity index (χ3v) is 4.01. The Bertz CT molecular complexity index is 688. The molecule has 1 atom stereocenters. The molecule has 0 radical (unpaired) electrons. The minimum Gasteiger partial charge on any atom is -0.489 e. The van der Waals surface area contributed by atoms with Gasteiger partial charge >= 0.3 is 0 Å². The van der Waals surface area contributed by atoms with Crippen molar-refractivity contribution in [2.75, 3.05) is 20.1 Å². The molecule has 6 heteroatoms. The number of nitrogens with zero attached hydrogens (tertiary/aromatic N) is 2. The zero-order chi connectivity index (χ0) is 18.1. The number of hydrogen-bond acceptors (Lipinski definition) is 3. The molecule has 0 aliphatic heterocycles. The Morgan fingerprint density at radius 1 is 1.24 bits per heavy atom. The lowest BCUT2D eigenvalue weighted by Crippen LogP contribution is -2.42. The molecule has 2 aromatic rings. The molecule has 25 heavy (non-hydrogen) atoms. The normalized spacial score (nSPS) is 12.6. The minimum absolute atomic E-state index is 0.00201. The van der Waals surface area contributed by atoms with Crippen molar-refractivity contribution in [2.45, 2.75) is 26.4 Å². The molecule has 0 aliphatic rings. The maximum Gasteiger partial charge on any atom is 0.191 e. The van der Waals surface area contributed by atoms with Crippen LogP contribution in [0.15, 0.2) is 47.7 Å². The van der Waals surface area contributed by atoms with Crippen LogP contribution in [0.1, 0.15) is 18.1 Å². The van der Waals surface area contributed by atoms with Crippen molar-refractivity contribution in [2.24, 2.45) is 4.99 Å². The first-order valence-corrected chi connectivity index (χ1v) is 8.72. The molecule has 0 spiro atoms. The zero-order valence-corrected chi connectivity index (χ0v) is 15.7. The topological polar surface area (TPSA) is 58.5 Å². The van der Waals surface area contributed by atoms with Crippen molar-refractivity contribution >= 4 is 17.6 Å². The molecule has 2 N–H and O–H groups in total. The van der Waals surface area contributed by atoms with E-state index in [2.05, 4.69) is 33.6 Å². The molecule has 0 saturated carbocycles. The van der Waals surface area contributed by atoms with Gasteiger partial charge < -0.3 is 15.4 Å². The number of nitrogens with one attached hydrogen (secondary N) is 2. The van der Waals surface area contributed by atoms with E-state index in [9.17, 15) is 0 Å². The largest absolute Gasteiger partial charge is 0.489 e. The maximum atomic E-state index is 5.88. The Labute approximate surface area is 154 Å². The van der Waals surface area contributed by atoms with Gasteiger partial charge in [0.2, 0.25) is 0 Å². The molecule has 0 aliphatic carbocycles. The summed E-state index contributed by atoms with van der Waals surface area (Å²) in [5.74, 6) is 1.56. The summed E-state index contributed by atoms with van der Waals surface area (Å²) in [6.07, 6.45) is 4.64. The fraction of sp³-hybridized carbons (Fsp3) is 0.368. The van der Waals surface area contributed by atoms with Crippen LogP contribution in [0.2, 0.25) is 5.02 Å². The second-order valence-corrected chi connectivity index (χ2v) is 6.25. The number of aliphatic imine (C=N–C) groups is 1. The number of benzene rings is 1. The van der Waals surface area contributed by atoms with Gasteiger partial charge in [0, 0.05) is 31.0 Å². The molecule has 0 bridgehead atoms. The Morgan fingerprint density at radius 3 is 2.68 bits per heavy atom. The highest BCUT2D eigenvalue weighted by molar-refractivity contribution is 6.30. The molecule has 1 unspecified atom stereocenters. The molecule has 2 rings (SSSR count). The maximum absolute atomic E-state index is 5.88. The van der Waals surface area contributed by atoms with E-state index in [0.29, 0.717) is 11.6 Å². The molecule has 0 amide bonds. The number of aromatic nitrogens is 1. The van der Waals surface area contributed by atoms with E-state index in [-0.39, 0.29) is 6.10 Å². The van der Waals surface area contributed by atoms with Gasteiger partial charge in [-0.25, -0.2) is 0 Å². The predicted molar refractivity (Wildman–Crippen MR) is 104 cm³/mol. The fourth-order valence-corrected chi connectivity index (χ4v) is 2.47. The summed E-state index contributed by atoms with van der Waals surface area (Å²) in [4.78, 5) is 8.36. The van der Waals surface area contributed by atoms with Crippen molar-refractivity contribution < 1.29 is 4.74 Å². The summed E-state index contributed by atoms with van der Waals surface area (Å²) in [6.45, 7) is 5.54. The van der Waals surface area contributed by atoms with Gasteiger partial charge in [0.25, 0.3) is 0 Å². The number of guanidine groups is 1. The summed E-state index contributed by atoms with van der Waals surface area (Å²) in [7, 11) is 1.76. The molecule has 5 nitrogen and oxygen atoms in total. The third kappa shape index (κ3) is 6.63. The number of ether oxygens (including phenoxy) is 1. The van der Waals surface area contributed by atoms with Crippen LogP contribution in [0.3, 0.4) is 0 Å². The van der Waals surface area contributed by atoms with E-state index in [1.165, 1.54) is 11.1 Å². The van der Waals surface area contributed by atoms with Gasteiger partial charge in [-0.1, -0.05) is 11.6 Å². The highest BCUT2D eigenvalue weighted by atomic mass is 35.5. The second-order valence-electron chi connectivity index (χ2n) is 5.81. The average molecular weight is 361 g/mol. The Morgan fingerprint density at radius 2 is 2.00 bits per heavy atom.